The number of benzene rings is 1. The first kappa shape index (κ1) is 32.2. The van der Waals surface area contributed by atoms with Crippen molar-refractivity contribution in [3.63, 3.8) is 0 Å². The van der Waals surface area contributed by atoms with Crippen LogP contribution >= 0.6 is 11.8 Å². The highest BCUT2D eigenvalue weighted by Crippen LogP contribution is 2.39. The lowest BCUT2D eigenvalue weighted by Gasteiger charge is -2.18. The van der Waals surface area contributed by atoms with E-state index in [-0.39, 0.29) is 16.3 Å². The molecular weight excluding hydrogens is 552 g/mol. The molecule has 0 aliphatic rings. The van der Waals surface area contributed by atoms with Crippen molar-refractivity contribution < 1.29 is 49.0 Å². The number of hydrogen-bond acceptors (Lipinski definition) is 13. The van der Waals surface area contributed by atoms with Gasteiger partial charge in [-0.3, -0.25) is 44.2 Å². The number of nitrogens with zero attached hydrogens (tertiary/aromatic N) is 5. The van der Waals surface area contributed by atoms with Crippen LogP contribution in [0.5, 0.6) is 5.75 Å². The summed E-state index contributed by atoms with van der Waals surface area (Å²) in [6.07, 6.45) is -0.713. The lowest BCUT2D eigenvalue weighted by molar-refractivity contribution is -0.695. The fourth-order valence-electron chi connectivity index (χ4n) is 2.48. The number of nitro benzene ring substituents is 2. The van der Waals surface area contributed by atoms with Crippen LogP contribution in [-0.2, 0) is 19.2 Å². The number of thioether (sulfide) groups is 1. The smallest absolute Gasteiger partial charge is 0.322 e. The molecule has 0 radical (unpaired) electrons. The van der Waals surface area contributed by atoms with E-state index in [0.717, 1.165) is 11.1 Å². The van der Waals surface area contributed by atoms with Crippen molar-refractivity contribution >= 4 is 46.9 Å². The lowest BCUT2D eigenvalue weighted by atomic mass is 10.1. The van der Waals surface area contributed by atoms with Crippen LogP contribution in [-0.4, -0.2) is 92.3 Å². The normalized spacial score (nSPS) is 12.5. The molecule has 0 aliphatic carbocycles. The molecule has 2 amide bonds. The molecule has 0 saturated heterocycles. The first-order chi connectivity index (χ1) is 18.1. The fourth-order valence-corrected chi connectivity index (χ4v) is 3.54. The van der Waals surface area contributed by atoms with Crippen LogP contribution in [0.2, 0.25) is 0 Å². The predicted octanol–water partition coefficient (Wildman–Crippen LogP) is -0.794. The van der Waals surface area contributed by atoms with Gasteiger partial charge < -0.3 is 31.8 Å². The number of rotatable bonds is 16. The molecule has 0 heterocycles. The van der Waals surface area contributed by atoms with Gasteiger partial charge in [-0.2, -0.15) is 5.01 Å². The maximum atomic E-state index is 12.5. The topological polar surface area (TPSA) is 296 Å². The summed E-state index contributed by atoms with van der Waals surface area (Å²) in [6, 6.07) is -1.48. The van der Waals surface area contributed by atoms with Crippen LogP contribution < -0.4 is 21.2 Å². The van der Waals surface area contributed by atoms with Gasteiger partial charge in [0.15, 0.2) is 0 Å². The van der Waals surface area contributed by atoms with E-state index in [1.807, 2.05) is 5.32 Å². The standard InChI is InChI=1S/C18H24N8O12S/c1-23(2)26(37)22-38-13-6-14(12(25(35)36)5-11(13)24(33)34)39-8-10(17(30)20-7-16(28)29)21-15(27)4-3-9(19)18(31)32/h5-6,9-10H,3-4,7-8,19H2,1-2H3,(H,20,30)(H,21,27)(H,28,29)(H,31,32)/b26-22-/t9-,10-/m0/s1. The molecule has 0 saturated carbocycles. The summed E-state index contributed by atoms with van der Waals surface area (Å²) in [4.78, 5) is 71.8. The molecule has 0 aromatic heterocycles. The van der Waals surface area contributed by atoms with Crippen molar-refractivity contribution in [1.29, 1.82) is 0 Å². The highest BCUT2D eigenvalue weighted by molar-refractivity contribution is 7.99. The molecule has 21 heteroatoms. The second-order valence-corrected chi connectivity index (χ2v) is 8.66. The first-order valence-electron chi connectivity index (χ1n) is 10.5. The van der Waals surface area contributed by atoms with Crippen molar-refractivity contribution in [3.8, 4) is 5.75 Å². The molecule has 1 rings (SSSR count). The highest BCUT2D eigenvalue weighted by Gasteiger charge is 2.29. The Morgan fingerprint density at radius 1 is 1.13 bits per heavy atom. The number of hydrogen-bond donors (Lipinski definition) is 5. The molecule has 0 bridgehead atoms. The molecular formula is C18H24N8O12S. The van der Waals surface area contributed by atoms with Gasteiger partial charge in [-0.05, 0) is 6.42 Å². The highest BCUT2D eigenvalue weighted by atomic mass is 32.2. The number of carbonyl (C=O) groups is 4. The molecule has 39 heavy (non-hydrogen) atoms. The van der Waals surface area contributed by atoms with E-state index in [9.17, 15) is 44.6 Å². The maximum Gasteiger partial charge on any atom is 0.322 e. The SMILES string of the molecule is CN(C)/[N+]([O-])=N/Oc1cc(SC[C@H](NC(=O)CC[C@H](N)C(=O)O)C(=O)NCC(=O)O)c([N+](=O)[O-])cc1[N+](=O)[O-]. The second kappa shape index (κ2) is 14.8. The minimum Gasteiger partial charge on any atom is -0.569 e. The summed E-state index contributed by atoms with van der Waals surface area (Å²) in [5.74, 6) is -5.71. The number of nitro groups is 2. The van der Waals surface area contributed by atoms with Crippen LogP contribution in [0.1, 0.15) is 12.8 Å². The van der Waals surface area contributed by atoms with Gasteiger partial charge in [-0.1, -0.05) is 0 Å². The van der Waals surface area contributed by atoms with Gasteiger partial charge in [0.2, 0.25) is 22.8 Å². The van der Waals surface area contributed by atoms with Crippen LogP contribution in [0.3, 0.4) is 0 Å². The average molecular weight is 577 g/mol. The number of nitrogens with one attached hydrogen (secondary N) is 2. The van der Waals surface area contributed by atoms with E-state index >= 15 is 0 Å². The molecule has 0 aliphatic heterocycles. The number of carbonyl (C=O) groups excluding carboxylic acids is 2. The van der Waals surface area contributed by atoms with E-state index < -0.39 is 81.5 Å². The van der Waals surface area contributed by atoms with E-state index in [4.69, 9.17) is 20.8 Å². The van der Waals surface area contributed by atoms with Gasteiger partial charge in [0, 0.05) is 18.2 Å². The Balaban J connectivity index is 3.29. The van der Waals surface area contributed by atoms with E-state index in [0.29, 0.717) is 17.8 Å². The summed E-state index contributed by atoms with van der Waals surface area (Å²) in [6.45, 7) is -0.825. The predicted molar refractivity (Wildman–Crippen MR) is 128 cm³/mol. The molecule has 0 unspecified atom stereocenters. The number of carboxylic acids is 2. The number of carboxylic acid groups (broad SMARTS) is 2. The van der Waals surface area contributed by atoms with Gasteiger partial charge in [0.05, 0.1) is 39.9 Å². The van der Waals surface area contributed by atoms with Gasteiger partial charge in [-0.15, -0.1) is 11.8 Å². The van der Waals surface area contributed by atoms with Gasteiger partial charge in [0.1, 0.15) is 18.6 Å². The molecule has 1 aromatic rings. The van der Waals surface area contributed by atoms with Crippen LogP contribution in [0.15, 0.2) is 22.3 Å². The number of hydrazine groups is 1. The third-order valence-corrected chi connectivity index (χ3v) is 5.59. The molecule has 2 atom stereocenters. The average Bonchev–Trinajstić information content (AvgIpc) is 2.85. The van der Waals surface area contributed by atoms with Crippen molar-refractivity contribution in [2.24, 2.45) is 11.0 Å². The maximum absolute atomic E-state index is 12.5. The van der Waals surface area contributed by atoms with Crippen molar-refractivity contribution in [1.82, 2.24) is 15.6 Å². The Bertz CT molecular complexity index is 1160. The molecule has 6 N–H and O–H groups in total. The van der Waals surface area contributed by atoms with Crippen molar-refractivity contribution in [2.45, 2.75) is 29.8 Å². The zero-order valence-electron chi connectivity index (χ0n) is 20.3. The Morgan fingerprint density at radius 3 is 2.26 bits per heavy atom. The van der Waals surface area contributed by atoms with Crippen LogP contribution in [0, 0.1) is 25.4 Å². The first-order valence-corrected chi connectivity index (χ1v) is 11.5. The van der Waals surface area contributed by atoms with Crippen molar-refractivity contribution in [3.05, 3.63) is 37.6 Å². The third kappa shape index (κ3) is 10.6. The Morgan fingerprint density at radius 2 is 1.74 bits per heavy atom. The summed E-state index contributed by atoms with van der Waals surface area (Å²) in [5.41, 5.74) is 3.65. The molecule has 1 aromatic carbocycles. The minimum atomic E-state index is -1.49. The molecule has 0 fully saturated rings. The molecule has 214 valence electrons. The number of aliphatic carboxylic acids is 2. The summed E-state index contributed by atoms with van der Waals surface area (Å²) in [5, 5.41) is 60.5. The minimum absolute atomic E-state index is 0.0768. The Labute approximate surface area is 222 Å². The largest absolute Gasteiger partial charge is 0.569 e. The van der Waals surface area contributed by atoms with Gasteiger partial charge in [-0.25, -0.2) is 0 Å². The Kier molecular flexibility index (Phi) is 12.3. The third-order valence-electron chi connectivity index (χ3n) is 4.46. The van der Waals surface area contributed by atoms with E-state index in [2.05, 4.69) is 10.6 Å². The molecule has 20 nitrogen and oxygen atoms in total. The lowest BCUT2D eigenvalue weighted by Crippen LogP contribution is -2.49. The molecule has 0 spiro atoms. The summed E-state index contributed by atoms with van der Waals surface area (Å²) >= 11 is 0.563. The number of nitrogens with two attached hydrogens (primary N) is 1. The summed E-state index contributed by atoms with van der Waals surface area (Å²) in [7, 11) is 2.56. The zero-order valence-corrected chi connectivity index (χ0v) is 21.2. The Hall–Kier alpha value is -4.79. The van der Waals surface area contributed by atoms with Gasteiger partial charge in [0.25, 0.3) is 5.69 Å². The fraction of sp³-hybridized carbons (Fsp3) is 0.444. The monoisotopic (exact) mass is 576 g/mol. The number of amides is 2. The zero-order chi connectivity index (χ0) is 29.9. The quantitative estimate of drug-likeness (QED) is 0.0529. The van der Waals surface area contributed by atoms with Crippen molar-refractivity contribution in [2.75, 3.05) is 26.4 Å². The van der Waals surface area contributed by atoms with Crippen LogP contribution in [0.4, 0.5) is 11.4 Å². The van der Waals surface area contributed by atoms with E-state index in [1.165, 1.54) is 14.1 Å². The van der Waals surface area contributed by atoms with E-state index in [1.54, 1.807) is 0 Å². The van der Waals surface area contributed by atoms with Gasteiger partial charge >= 0.3 is 17.6 Å². The second-order valence-electron chi connectivity index (χ2n) is 7.60. The summed E-state index contributed by atoms with van der Waals surface area (Å²) < 4.78 is 0. The van der Waals surface area contributed by atoms with Crippen LogP contribution in [0.25, 0.3) is 0 Å².